The Hall–Kier alpha value is -2.05. The maximum Gasteiger partial charge on any atom is 0.301 e. The number of nitro groups is 1. The van der Waals surface area contributed by atoms with Crippen LogP contribution in [-0.2, 0) is 0 Å². The number of benzene rings is 2. The smallest absolute Gasteiger partial charge is 0.301 e. The largest absolute Gasteiger partial charge is 0.431 e. The lowest BCUT2D eigenvalue weighted by atomic mass is 10.3. The van der Waals surface area contributed by atoms with E-state index >= 15 is 0 Å². The molecule has 0 spiro atoms. The summed E-state index contributed by atoms with van der Waals surface area (Å²) < 4.78 is 5.53. The van der Waals surface area contributed by atoms with Crippen LogP contribution >= 0.6 is 23.4 Å². The third kappa shape index (κ3) is 2.35. The molecule has 1 aromatic heterocycles. The molecule has 0 unspecified atom stereocenters. The van der Waals surface area contributed by atoms with Crippen LogP contribution in [0.2, 0.25) is 5.02 Å². The minimum atomic E-state index is -0.507. The first-order valence-corrected chi connectivity index (χ1v) is 6.81. The summed E-state index contributed by atoms with van der Waals surface area (Å²) in [6, 6.07) is 12.0. The van der Waals surface area contributed by atoms with Gasteiger partial charge in [0.05, 0.1) is 9.82 Å². The van der Waals surface area contributed by atoms with Gasteiger partial charge in [-0.05, 0) is 36.0 Å². The van der Waals surface area contributed by atoms with E-state index in [1.54, 1.807) is 18.2 Å². The number of hydrogen-bond donors (Lipinski definition) is 0. The molecule has 0 N–H and O–H groups in total. The summed E-state index contributed by atoms with van der Waals surface area (Å²) in [5.41, 5.74) is 1.21. The van der Waals surface area contributed by atoms with Gasteiger partial charge in [0.15, 0.2) is 5.58 Å². The summed E-state index contributed by atoms with van der Waals surface area (Å²) in [5, 5.41) is 11.5. The van der Waals surface area contributed by atoms with E-state index in [4.69, 9.17) is 16.0 Å². The van der Waals surface area contributed by atoms with Crippen LogP contribution < -0.4 is 0 Å². The summed E-state index contributed by atoms with van der Waals surface area (Å²) in [6.07, 6.45) is 0. The normalized spacial score (nSPS) is 10.8. The fourth-order valence-corrected chi connectivity index (χ4v) is 2.93. The van der Waals surface area contributed by atoms with Gasteiger partial charge in [-0.2, -0.15) is 0 Å². The molecule has 5 nitrogen and oxygen atoms in total. The van der Waals surface area contributed by atoms with Crippen molar-refractivity contribution in [3.8, 4) is 0 Å². The van der Waals surface area contributed by atoms with Crippen LogP contribution in [0.5, 0.6) is 0 Å². The van der Waals surface area contributed by atoms with Crippen molar-refractivity contribution in [2.45, 2.75) is 10.1 Å². The lowest BCUT2D eigenvalue weighted by molar-refractivity contribution is -0.387. The number of halogens is 1. The van der Waals surface area contributed by atoms with Gasteiger partial charge in [-0.15, -0.1) is 0 Å². The molecule has 0 atom stereocenters. The summed E-state index contributed by atoms with van der Waals surface area (Å²) in [4.78, 5) is 15.2. The van der Waals surface area contributed by atoms with Crippen LogP contribution in [0.15, 0.2) is 57.0 Å². The SMILES string of the molecule is O=[N+]([O-])c1c(Cl)cccc1Sc1nc2ccccc2o1. The summed E-state index contributed by atoms with van der Waals surface area (Å²) in [6.45, 7) is 0. The molecule has 0 aliphatic carbocycles. The van der Waals surface area contributed by atoms with E-state index < -0.39 is 4.92 Å². The van der Waals surface area contributed by atoms with Gasteiger partial charge in [0.1, 0.15) is 10.5 Å². The molecule has 0 saturated carbocycles. The van der Waals surface area contributed by atoms with Crippen LogP contribution in [0, 0.1) is 10.1 Å². The topological polar surface area (TPSA) is 69.2 Å². The van der Waals surface area contributed by atoms with E-state index in [2.05, 4.69) is 4.98 Å². The Bertz CT molecular complexity index is 770. The summed E-state index contributed by atoms with van der Waals surface area (Å²) >= 11 is 6.94. The Labute approximate surface area is 122 Å². The minimum absolute atomic E-state index is 0.0936. The third-order valence-electron chi connectivity index (χ3n) is 2.60. The molecule has 0 saturated heterocycles. The lowest BCUT2D eigenvalue weighted by Crippen LogP contribution is -1.91. The van der Waals surface area contributed by atoms with E-state index in [9.17, 15) is 10.1 Å². The van der Waals surface area contributed by atoms with Gasteiger partial charge in [-0.25, -0.2) is 4.98 Å². The molecule has 0 aliphatic rings. The maximum absolute atomic E-state index is 11.1. The molecule has 1 heterocycles. The lowest BCUT2D eigenvalue weighted by Gasteiger charge is -2.00. The molecular weight excluding hydrogens is 300 g/mol. The quantitative estimate of drug-likeness (QED) is 0.525. The molecule has 0 amide bonds. The maximum atomic E-state index is 11.1. The number of para-hydroxylation sites is 3. The van der Waals surface area contributed by atoms with Crippen molar-refractivity contribution in [1.82, 2.24) is 4.98 Å². The van der Waals surface area contributed by atoms with Crippen LogP contribution in [-0.4, -0.2) is 9.91 Å². The second-order valence-electron chi connectivity index (χ2n) is 3.89. The van der Waals surface area contributed by atoms with Crippen molar-refractivity contribution < 1.29 is 9.34 Å². The fourth-order valence-electron chi connectivity index (χ4n) is 1.74. The van der Waals surface area contributed by atoms with Gasteiger partial charge in [0.2, 0.25) is 0 Å². The first-order valence-electron chi connectivity index (χ1n) is 5.61. The number of nitrogens with zero attached hydrogens (tertiary/aromatic N) is 2. The first kappa shape index (κ1) is 13.0. The van der Waals surface area contributed by atoms with Gasteiger partial charge in [0.25, 0.3) is 5.22 Å². The van der Waals surface area contributed by atoms with Gasteiger partial charge in [-0.3, -0.25) is 10.1 Å². The van der Waals surface area contributed by atoms with E-state index in [1.165, 1.54) is 6.07 Å². The van der Waals surface area contributed by atoms with Crippen molar-refractivity contribution in [3.05, 3.63) is 57.6 Å². The second kappa shape index (κ2) is 5.15. The van der Waals surface area contributed by atoms with Gasteiger partial charge < -0.3 is 4.42 Å². The van der Waals surface area contributed by atoms with E-state index in [0.29, 0.717) is 21.2 Å². The number of fused-ring (bicyclic) bond motifs is 1. The van der Waals surface area contributed by atoms with E-state index in [-0.39, 0.29) is 10.7 Å². The predicted octanol–water partition coefficient (Wildman–Crippen LogP) is 4.54. The molecule has 0 radical (unpaired) electrons. The Morgan fingerprint density at radius 3 is 2.75 bits per heavy atom. The Morgan fingerprint density at radius 2 is 2.00 bits per heavy atom. The Morgan fingerprint density at radius 1 is 1.20 bits per heavy atom. The molecule has 20 heavy (non-hydrogen) atoms. The zero-order valence-corrected chi connectivity index (χ0v) is 11.5. The highest BCUT2D eigenvalue weighted by atomic mass is 35.5. The van der Waals surface area contributed by atoms with E-state index in [0.717, 1.165) is 11.8 Å². The standard InChI is InChI=1S/C13H7ClN2O3S/c14-8-4-3-7-11(12(8)16(17)18)20-13-15-9-5-1-2-6-10(9)19-13/h1-7H. The highest BCUT2D eigenvalue weighted by Gasteiger charge is 2.21. The Kier molecular flexibility index (Phi) is 3.33. The number of aromatic nitrogens is 1. The predicted molar refractivity (Wildman–Crippen MR) is 76.2 cm³/mol. The molecule has 2 aromatic carbocycles. The van der Waals surface area contributed by atoms with Crippen LogP contribution in [0.25, 0.3) is 11.1 Å². The van der Waals surface area contributed by atoms with Crippen molar-refractivity contribution in [2.24, 2.45) is 0 Å². The van der Waals surface area contributed by atoms with Crippen LogP contribution in [0.3, 0.4) is 0 Å². The summed E-state index contributed by atoms with van der Waals surface area (Å²) in [7, 11) is 0. The number of hydrogen-bond acceptors (Lipinski definition) is 5. The fraction of sp³-hybridized carbons (Fsp3) is 0. The monoisotopic (exact) mass is 306 g/mol. The summed E-state index contributed by atoms with van der Waals surface area (Å²) in [5.74, 6) is 0. The number of nitro benzene ring substituents is 1. The van der Waals surface area contributed by atoms with Crippen molar-refractivity contribution in [2.75, 3.05) is 0 Å². The van der Waals surface area contributed by atoms with Gasteiger partial charge >= 0.3 is 5.69 Å². The average molecular weight is 307 g/mol. The van der Waals surface area contributed by atoms with Gasteiger partial charge in [-0.1, -0.05) is 29.8 Å². The van der Waals surface area contributed by atoms with Gasteiger partial charge in [0, 0.05) is 0 Å². The molecule has 0 fully saturated rings. The van der Waals surface area contributed by atoms with Crippen LogP contribution in [0.4, 0.5) is 5.69 Å². The highest BCUT2D eigenvalue weighted by molar-refractivity contribution is 7.99. The minimum Gasteiger partial charge on any atom is -0.431 e. The number of rotatable bonds is 3. The molecule has 0 bridgehead atoms. The molecule has 7 heteroatoms. The average Bonchev–Trinajstić information content (AvgIpc) is 2.80. The van der Waals surface area contributed by atoms with E-state index in [1.807, 2.05) is 18.2 Å². The third-order valence-corrected chi connectivity index (χ3v) is 3.81. The second-order valence-corrected chi connectivity index (χ2v) is 5.29. The zero-order valence-electron chi connectivity index (χ0n) is 9.95. The van der Waals surface area contributed by atoms with Crippen molar-refractivity contribution in [3.63, 3.8) is 0 Å². The molecule has 0 aliphatic heterocycles. The molecule has 3 rings (SSSR count). The Balaban J connectivity index is 2.02. The molecular formula is C13H7ClN2O3S. The van der Waals surface area contributed by atoms with Crippen LogP contribution in [0.1, 0.15) is 0 Å². The number of oxazole rings is 1. The van der Waals surface area contributed by atoms with Crippen molar-refractivity contribution >= 4 is 40.1 Å². The molecule has 3 aromatic rings. The zero-order chi connectivity index (χ0) is 14.1. The molecule has 100 valence electrons. The first-order chi connectivity index (χ1) is 9.65. The highest BCUT2D eigenvalue weighted by Crippen LogP contribution is 2.39. The van der Waals surface area contributed by atoms with Crippen molar-refractivity contribution in [1.29, 1.82) is 0 Å².